The van der Waals surface area contributed by atoms with Crippen molar-refractivity contribution in [2.24, 2.45) is 10.9 Å². The van der Waals surface area contributed by atoms with E-state index >= 15 is 0 Å². The van der Waals surface area contributed by atoms with Crippen LogP contribution in [0.25, 0.3) is 0 Å². The Labute approximate surface area is 150 Å². The molecule has 0 aromatic carbocycles. The molecule has 140 valence electrons. The minimum absolute atomic E-state index is 0.545. The van der Waals surface area contributed by atoms with Gasteiger partial charge in [-0.15, -0.1) is 0 Å². The Kier molecular flexibility index (Phi) is 8.48. The van der Waals surface area contributed by atoms with Crippen LogP contribution in [0.15, 0.2) is 23.3 Å². The van der Waals surface area contributed by atoms with Crippen LogP contribution in [0.4, 0.5) is 0 Å². The molecule has 1 aromatic rings. The third-order valence-corrected chi connectivity index (χ3v) is 4.12. The summed E-state index contributed by atoms with van der Waals surface area (Å²) in [5.41, 5.74) is 1.06. The molecule has 1 unspecified atom stereocenters. The third-order valence-electron chi connectivity index (χ3n) is 4.12. The van der Waals surface area contributed by atoms with Gasteiger partial charge >= 0.3 is 0 Å². The molecule has 1 aliphatic heterocycles. The molecule has 1 aromatic heterocycles. The lowest BCUT2D eigenvalue weighted by molar-refractivity contribution is 0.0536. The molecule has 0 radical (unpaired) electrons. The molecule has 1 saturated heterocycles. The average molecular weight is 350 g/mol. The van der Waals surface area contributed by atoms with Crippen molar-refractivity contribution in [3.8, 4) is 5.88 Å². The third kappa shape index (κ3) is 6.51. The maximum Gasteiger partial charge on any atom is 0.212 e. The molecule has 7 heteroatoms. The minimum atomic E-state index is 0.545. The van der Waals surface area contributed by atoms with Gasteiger partial charge in [0.15, 0.2) is 5.96 Å². The molecule has 0 amide bonds. The largest absolute Gasteiger partial charge is 0.481 e. The Balaban J connectivity index is 1.86. The van der Waals surface area contributed by atoms with Crippen molar-refractivity contribution >= 4 is 5.96 Å². The molecule has 2 heterocycles. The second-order valence-electron chi connectivity index (χ2n) is 6.05. The Bertz CT molecular complexity index is 522. The van der Waals surface area contributed by atoms with Crippen molar-refractivity contribution in [3.63, 3.8) is 0 Å². The van der Waals surface area contributed by atoms with Crippen LogP contribution in [0.1, 0.15) is 18.9 Å². The van der Waals surface area contributed by atoms with E-state index in [1.54, 1.807) is 14.2 Å². The van der Waals surface area contributed by atoms with Crippen LogP contribution in [0, 0.1) is 5.92 Å². The van der Waals surface area contributed by atoms with Gasteiger partial charge in [0, 0.05) is 44.9 Å². The maximum absolute atomic E-state index is 5.67. The first-order chi connectivity index (χ1) is 12.3. The van der Waals surface area contributed by atoms with Crippen LogP contribution in [0.3, 0.4) is 0 Å². The summed E-state index contributed by atoms with van der Waals surface area (Å²) in [7, 11) is 3.31. The zero-order valence-electron chi connectivity index (χ0n) is 15.5. The fraction of sp³-hybridized carbons (Fsp3) is 0.667. The second kappa shape index (κ2) is 10.9. The van der Waals surface area contributed by atoms with Gasteiger partial charge in [-0.1, -0.05) is 6.07 Å². The summed E-state index contributed by atoms with van der Waals surface area (Å²) in [6, 6.07) is 3.86. The van der Waals surface area contributed by atoms with Gasteiger partial charge in [-0.25, -0.2) is 9.98 Å². The van der Waals surface area contributed by atoms with Crippen LogP contribution in [-0.4, -0.2) is 69.5 Å². The number of likely N-dealkylation sites (tertiary alicyclic amines) is 1. The van der Waals surface area contributed by atoms with E-state index in [0.29, 0.717) is 31.6 Å². The van der Waals surface area contributed by atoms with Gasteiger partial charge in [0.1, 0.15) is 0 Å². The summed E-state index contributed by atoms with van der Waals surface area (Å²) in [5.74, 6) is 2.12. The highest BCUT2D eigenvalue weighted by atomic mass is 16.5. The summed E-state index contributed by atoms with van der Waals surface area (Å²) >= 11 is 0. The molecule has 2 rings (SSSR count). The van der Waals surface area contributed by atoms with E-state index < -0.39 is 0 Å². The van der Waals surface area contributed by atoms with Crippen LogP contribution >= 0.6 is 0 Å². The lowest BCUT2D eigenvalue weighted by Gasteiger charge is -2.21. The summed E-state index contributed by atoms with van der Waals surface area (Å²) < 4.78 is 15.8. The molecule has 1 fully saturated rings. The van der Waals surface area contributed by atoms with Gasteiger partial charge in [0.05, 0.1) is 33.5 Å². The summed E-state index contributed by atoms with van der Waals surface area (Å²) in [5, 5.41) is 3.38. The number of hydrogen-bond donors (Lipinski definition) is 1. The predicted molar refractivity (Wildman–Crippen MR) is 98.0 cm³/mol. The zero-order valence-corrected chi connectivity index (χ0v) is 15.5. The Hall–Kier alpha value is -1.86. The summed E-state index contributed by atoms with van der Waals surface area (Å²) in [4.78, 5) is 11.3. The van der Waals surface area contributed by atoms with E-state index in [4.69, 9.17) is 19.2 Å². The molecule has 0 bridgehead atoms. The Morgan fingerprint density at radius 3 is 2.92 bits per heavy atom. The maximum atomic E-state index is 5.67. The van der Waals surface area contributed by atoms with E-state index in [9.17, 15) is 0 Å². The Morgan fingerprint density at radius 2 is 2.24 bits per heavy atom. The highest BCUT2D eigenvalue weighted by Gasteiger charge is 2.24. The van der Waals surface area contributed by atoms with Gasteiger partial charge < -0.3 is 24.4 Å². The first-order valence-corrected chi connectivity index (χ1v) is 8.85. The second-order valence-corrected chi connectivity index (χ2v) is 6.05. The molecular formula is C18H30N4O3. The van der Waals surface area contributed by atoms with E-state index in [1.165, 1.54) is 0 Å². The smallest absolute Gasteiger partial charge is 0.212 e. The lowest BCUT2D eigenvalue weighted by Crippen LogP contribution is -2.40. The van der Waals surface area contributed by atoms with Gasteiger partial charge in [-0.05, 0) is 18.9 Å². The predicted octanol–water partition coefficient (Wildman–Crippen LogP) is 1.54. The monoisotopic (exact) mass is 350 g/mol. The minimum Gasteiger partial charge on any atom is -0.481 e. The van der Waals surface area contributed by atoms with E-state index in [0.717, 1.165) is 44.2 Å². The fourth-order valence-electron chi connectivity index (χ4n) is 2.77. The van der Waals surface area contributed by atoms with Crippen molar-refractivity contribution in [3.05, 3.63) is 23.9 Å². The van der Waals surface area contributed by atoms with Crippen LogP contribution < -0.4 is 10.1 Å². The van der Waals surface area contributed by atoms with Gasteiger partial charge in [0.25, 0.3) is 0 Å². The van der Waals surface area contributed by atoms with Crippen molar-refractivity contribution < 1.29 is 14.2 Å². The van der Waals surface area contributed by atoms with Crippen LogP contribution in [0.5, 0.6) is 5.88 Å². The molecule has 1 N–H and O–H groups in total. The molecule has 1 atom stereocenters. The summed E-state index contributed by atoms with van der Waals surface area (Å²) in [6.45, 7) is 7.61. The number of guanidine groups is 1. The molecule has 7 nitrogen and oxygen atoms in total. The van der Waals surface area contributed by atoms with Crippen molar-refractivity contribution in [1.29, 1.82) is 0 Å². The molecular weight excluding hydrogens is 320 g/mol. The number of pyridine rings is 1. The van der Waals surface area contributed by atoms with Gasteiger partial charge in [-0.2, -0.15) is 0 Å². The van der Waals surface area contributed by atoms with Gasteiger partial charge in [0.2, 0.25) is 5.88 Å². The SMILES string of the molecule is CCNC(=NCc1ccc(OC)nc1)N1CCC(COCCOC)C1. The van der Waals surface area contributed by atoms with E-state index in [-0.39, 0.29) is 0 Å². The number of aromatic nitrogens is 1. The van der Waals surface area contributed by atoms with Crippen LogP contribution in [0.2, 0.25) is 0 Å². The number of nitrogens with zero attached hydrogens (tertiary/aromatic N) is 3. The van der Waals surface area contributed by atoms with Crippen molar-refractivity contribution in [1.82, 2.24) is 15.2 Å². The standard InChI is InChI=1S/C18H30N4O3/c1-4-19-18(21-12-15-5-6-17(24-3)20-11-15)22-8-7-16(13-22)14-25-10-9-23-2/h5-6,11,16H,4,7-10,12-14H2,1-3H3,(H,19,21). The normalized spacial score (nSPS) is 17.8. The van der Waals surface area contributed by atoms with Crippen molar-refractivity contribution in [2.75, 3.05) is 53.7 Å². The highest BCUT2D eigenvalue weighted by Crippen LogP contribution is 2.17. The number of rotatable bonds is 9. The summed E-state index contributed by atoms with van der Waals surface area (Å²) in [6.07, 6.45) is 2.93. The molecule has 1 aliphatic rings. The van der Waals surface area contributed by atoms with Crippen LogP contribution in [-0.2, 0) is 16.0 Å². The highest BCUT2D eigenvalue weighted by molar-refractivity contribution is 5.80. The first kappa shape index (κ1) is 19.5. The van der Waals surface area contributed by atoms with E-state index in [2.05, 4.69) is 22.1 Å². The van der Waals surface area contributed by atoms with Gasteiger partial charge in [-0.3, -0.25) is 0 Å². The number of methoxy groups -OCH3 is 2. The molecule has 0 spiro atoms. The number of ether oxygens (including phenoxy) is 3. The topological polar surface area (TPSA) is 68.2 Å². The quantitative estimate of drug-likeness (QED) is 0.414. The molecule has 25 heavy (non-hydrogen) atoms. The fourth-order valence-corrected chi connectivity index (χ4v) is 2.77. The zero-order chi connectivity index (χ0) is 17.9. The number of hydrogen-bond acceptors (Lipinski definition) is 5. The molecule has 0 saturated carbocycles. The molecule has 0 aliphatic carbocycles. The lowest BCUT2D eigenvalue weighted by atomic mass is 10.1. The first-order valence-electron chi connectivity index (χ1n) is 8.85. The Morgan fingerprint density at radius 1 is 1.36 bits per heavy atom. The van der Waals surface area contributed by atoms with E-state index in [1.807, 2.05) is 18.3 Å². The average Bonchev–Trinajstić information content (AvgIpc) is 3.11. The number of nitrogens with one attached hydrogen (secondary N) is 1. The number of aliphatic imine (C=N–C) groups is 1. The van der Waals surface area contributed by atoms with Crippen molar-refractivity contribution in [2.45, 2.75) is 19.9 Å².